The molecule has 3 heteroatoms. The van der Waals surface area contributed by atoms with Gasteiger partial charge >= 0.3 is 0 Å². The lowest BCUT2D eigenvalue weighted by Gasteiger charge is -2.46. The minimum Gasteiger partial charge on any atom is -0.383 e. The van der Waals surface area contributed by atoms with Gasteiger partial charge < -0.3 is 10.2 Å². The smallest absolute Gasteiger partial charge is 0.0901 e. The number of aliphatic imine (C=N–C) groups is 1. The monoisotopic (exact) mass is 755 g/mol. The molecule has 59 heavy (non-hydrogen) atoms. The summed E-state index contributed by atoms with van der Waals surface area (Å²) in [5.41, 5.74) is 20.1. The van der Waals surface area contributed by atoms with E-state index < -0.39 is 5.41 Å². The number of allylic oxidation sites excluding steroid dienone is 3. The summed E-state index contributed by atoms with van der Waals surface area (Å²) in [6.45, 7) is 0.796. The van der Waals surface area contributed by atoms with Crippen molar-refractivity contribution < 1.29 is 0 Å². The molecule has 1 N–H and O–H groups in total. The second-order valence-electron chi connectivity index (χ2n) is 15.5. The van der Waals surface area contributed by atoms with Gasteiger partial charge in [0, 0.05) is 29.7 Å². The van der Waals surface area contributed by atoms with Crippen molar-refractivity contribution in [3.8, 4) is 22.3 Å². The molecule has 0 bridgehead atoms. The van der Waals surface area contributed by atoms with E-state index in [0.29, 0.717) is 0 Å². The molecule has 0 aromatic heterocycles. The van der Waals surface area contributed by atoms with Crippen molar-refractivity contribution in [2.75, 3.05) is 11.4 Å². The maximum atomic E-state index is 4.96. The SMILES string of the molecule is C1=CC2=C(NC1)C1(c3cc(-c4ccc(-c5cccc(C=Nc6ccccc6Cc6ccccc6)c5)cc4)ccc32)c2ccccc2N(c2ccccc2)c2ccccc21. The summed E-state index contributed by atoms with van der Waals surface area (Å²) in [7, 11) is 0. The number of benzene rings is 8. The second kappa shape index (κ2) is 14.5. The first-order chi connectivity index (χ1) is 29.3. The zero-order valence-electron chi connectivity index (χ0n) is 32.6. The average molecular weight is 756 g/mol. The Hall–Kier alpha value is -7.49. The van der Waals surface area contributed by atoms with Gasteiger partial charge in [0.2, 0.25) is 0 Å². The van der Waals surface area contributed by atoms with Gasteiger partial charge in [-0.15, -0.1) is 0 Å². The van der Waals surface area contributed by atoms with Crippen LogP contribution in [0.2, 0.25) is 0 Å². The summed E-state index contributed by atoms with van der Waals surface area (Å²) in [6, 6.07) is 72.5. The number of nitrogens with one attached hydrogen (secondary N) is 1. The lowest BCUT2D eigenvalue weighted by Crippen LogP contribution is -2.41. The Morgan fingerprint density at radius 1 is 0.542 bits per heavy atom. The molecular weight excluding hydrogens is 715 g/mol. The van der Waals surface area contributed by atoms with Crippen LogP contribution in [-0.4, -0.2) is 12.8 Å². The molecule has 2 heterocycles. The highest BCUT2D eigenvalue weighted by molar-refractivity contribution is 5.98. The Morgan fingerprint density at radius 3 is 1.92 bits per heavy atom. The molecule has 280 valence electrons. The van der Waals surface area contributed by atoms with Gasteiger partial charge in [-0.3, -0.25) is 4.99 Å². The molecule has 0 amide bonds. The quantitative estimate of drug-likeness (QED) is 0.164. The molecule has 1 aliphatic carbocycles. The Kier molecular flexibility index (Phi) is 8.52. The van der Waals surface area contributed by atoms with Crippen LogP contribution in [0.3, 0.4) is 0 Å². The standard InChI is InChI=1S/C56H41N3/c1-3-15-39(16-4-1)35-45-18-7-10-25-52(45)58-38-40-17-13-19-43(36-40)41-28-30-42(31-29-41)44-32-33-47-48-22-14-34-57-55(48)56(51(47)37-44)49-23-8-11-26-53(49)59(46-20-5-2-6-21-46)54-27-12-9-24-50(54)56/h1-33,36-38,57H,34-35H2. The Labute approximate surface area is 346 Å². The molecule has 11 rings (SSSR count). The molecule has 0 radical (unpaired) electrons. The van der Waals surface area contributed by atoms with Gasteiger partial charge in [-0.25, -0.2) is 0 Å². The van der Waals surface area contributed by atoms with Crippen LogP contribution in [0.15, 0.2) is 223 Å². The van der Waals surface area contributed by atoms with Gasteiger partial charge in [-0.05, 0) is 110 Å². The number of nitrogens with zero attached hydrogens (tertiary/aromatic N) is 2. The third kappa shape index (κ3) is 5.85. The van der Waals surface area contributed by atoms with E-state index >= 15 is 0 Å². The van der Waals surface area contributed by atoms with Crippen molar-refractivity contribution in [1.82, 2.24) is 5.32 Å². The third-order valence-corrected chi connectivity index (χ3v) is 12.2. The van der Waals surface area contributed by atoms with E-state index in [1.54, 1.807) is 0 Å². The van der Waals surface area contributed by atoms with Crippen LogP contribution in [0.25, 0.3) is 27.8 Å². The lowest BCUT2D eigenvalue weighted by molar-refractivity contribution is 0.659. The molecule has 0 atom stereocenters. The summed E-state index contributed by atoms with van der Waals surface area (Å²) < 4.78 is 0. The van der Waals surface area contributed by atoms with Crippen molar-refractivity contribution in [2.24, 2.45) is 4.99 Å². The summed E-state index contributed by atoms with van der Waals surface area (Å²) in [5.74, 6) is 0. The van der Waals surface area contributed by atoms with Gasteiger partial charge in [0.1, 0.15) is 0 Å². The summed E-state index contributed by atoms with van der Waals surface area (Å²) in [5, 5.41) is 3.91. The van der Waals surface area contributed by atoms with Crippen molar-refractivity contribution in [3.05, 3.63) is 257 Å². The van der Waals surface area contributed by atoms with Crippen molar-refractivity contribution in [2.45, 2.75) is 11.8 Å². The largest absolute Gasteiger partial charge is 0.383 e. The Morgan fingerprint density at radius 2 is 1.17 bits per heavy atom. The first-order valence-electron chi connectivity index (χ1n) is 20.5. The van der Waals surface area contributed by atoms with Crippen LogP contribution in [0.1, 0.15) is 38.9 Å². The molecule has 2 aliphatic heterocycles. The molecule has 0 saturated heterocycles. The van der Waals surface area contributed by atoms with Crippen LogP contribution >= 0.6 is 0 Å². The number of para-hydroxylation sites is 4. The Bertz CT molecular complexity index is 2910. The van der Waals surface area contributed by atoms with Crippen molar-refractivity contribution in [1.29, 1.82) is 0 Å². The number of hydrogen-bond acceptors (Lipinski definition) is 3. The van der Waals surface area contributed by atoms with Crippen LogP contribution in [0.4, 0.5) is 22.7 Å². The third-order valence-electron chi connectivity index (χ3n) is 12.2. The fourth-order valence-electron chi connectivity index (χ4n) is 9.54. The first kappa shape index (κ1) is 34.7. The fraction of sp³-hybridized carbons (Fsp3) is 0.0536. The zero-order chi connectivity index (χ0) is 39.2. The second-order valence-corrected chi connectivity index (χ2v) is 15.5. The molecule has 8 aromatic carbocycles. The fourth-order valence-corrected chi connectivity index (χ4v) is 9.54. The predicted octanol–water partition coefficient (Wildman–Crippen LogP) is 13.4. The number of dihydropyridines is 1. The highest BCUT2D eigenvalue weighted by Crippen LogP contribution is 2.62. The highest BCUT2D eigenvalue weighted by atomic mass is 15.2. The van der Waals surface area contributed by atoms with Crippen molar-refractivity contribution in [3.63, 3.8) is 0 Å². The molecule has 0 saturated carbocycles. The average Bonchev–Trinajstić information content (AvgIpc) is 3.60. The van der Waals surface area contributed by atoms with E-state index in [4.69, 9.17) is 4.99 Å². The van der Waals surface area contributed by atoms with E-state index in [-0.39, 0.29) is 0 Å². The van der Waals surface area contributed by atoms with E-state index in [1.807, 2.05) is 6.21 Å². The predicted molar refractivity (Wildman–Crippen MR) is 245 cm³/mol. The molecule has 8 aromatic rings. The molecule has 3 aliphatic rings. The van der Waals surface area contributed by atoms with Crippen LogP contribution in [0, 0.1) is 0 Å². The minimum absolute atomic E-state index is 0.506. The summed E-state index contributed by atoms with van der Waals surface area (Å²) >= 11 is 0. The number of fused-ring (bicyclic) bond motifs is 8. The lowest BCUT2D eigenvalue weighted by atomic mass is 9.65. The summed E-state index contributed by atoms with van der Waals surface area (Å²) in [4.78, 5) is 7.39. The van der Waals surface area contributed by atoms with E-state index in [2.05, 4.69) is 223 Å². The molecule has 0 fully saturated rings. The normalized spacial score (nSPS) is 14.5. The zero-order valence-corrected chi connectivity index (χ0v) is 32.6. The van der Waals surface area contributed by atoms with Crippen molar-refractivity contribution >= 4 is 34.5 Å². The number of hydrogen-bond donors (Lipinski definition) is 1. The van der Waals surface area contributed by atoms with Gasteiger partial charge in [-0.1, -0.05) is 170 Å². The Balaban J connectivity index is 0.955. The minimum atomic E-state index is -0.506. The molecule has 0 unspecified atom stereocenters. The topological polar surface area (TPSA) is 27.6 Å². The van der Waals surface area contributed by atoms with Crippen LogP contribution in [0.5, 0.6) is 0 Å². The molecular formula is C56H41N3. The van der Waals surface area contributed by atoms with Gasteiger partial charge in [0.25, 0.3) is 0 Å². The van der Waals surface area contributed by atoms with Crippen LogP contribution < -0.4 is 10.2 Å². The van der Waals surface area contributed by atoms with Gasteiger partial charge in [-0.2, -0.15) is 0 Å². The highest BCUT2D eigenvalue weighted by Gasteiger charge is 2.53. The van der Waals surface area contributed by atoms with E-state index in [9.17, 15) is 0 Å². The van der Waals surface area contributed by atoms with E-state index in [0.717, 1.165) is 29.9 Å². The molecule has 1 spiro atoms. The number of anilines is 3. The van der Waals surface area contributed by atoms with Gasteiger partial charge in [0.15, 0.2) is 0 Å². The van der Waals surface area contributed by atoms with Crippen LogP contribution in [-0.2, 0) is 11.8 Å². The summed E-state index contributed by atoms with van der Waals surface area (Å²) in [6.07, 6.45) is 7.41. The van der Waals surface area contributed by atoms with E-state index in [1.165, 1.54) is 78.3 Å². The first-order valence-corrected chi connectivity index (χ1v) is 20.5. The molecule has 3 nitrogen and oxygen atoms in total. The van der Waals surface area contributed by atoms with Gasteiger partial charge in [0.05, 0.1) is 22.5 Å². The maximum absolute atomic E-state index is 4.96. The maximum Gasteiger partial charge on any atom is 0.0901 e. The number of rotatable bonds is 7.